The Hall–Kier alpha value is -3.26. The molecule has 2 aromatic carbocycles. The van der Waals surface area contributed by atoms with E-state index in [9.17, 15) is 0 Å². The van der Waals surface area contributed by atoms with Crippen LogP contribution in [0.25, 0.3) is 11.3 Å². The van der Waals surface area contributed by atoms with Gasteiger partial charge in [0.25, 0.3) is 0 Å². The van der Waals surface area contributed by atoms with Gasteiger partial charge in [-0.15, -0.1) is 0 Å². The number of benzene rings is 2. The van der Waals surface area contributed by atoms with E-state index in [1.54, 1.807) is 0 Å². The lowest BCUT2D eigenvalue weighted by molar-refractivity contribution is 0.572. The lowest BCUT2D eigenvalue weighted by Gasteiger charge is -2.31. The van der Waals surface area contributed by atoms with Crippen LogP contribution < -0.4 is 0 Å². The second-order valence-corrected chi connectivity index (χ2v) is 10.9. The van der Waals surface area contributed by atoms with E-state index in [2.05, 4.69) is 126 Å². The summed E-state index contributed by atoms with van der Waals surface area (Å²) in [5, 5.41) is 0. The van der Waals surface area contributed by atoms with Gasteiger partial charge in [0.05, 0.1) is 22.8 Å². The smallest absolute Gasteiger partial charge is 0.0705 e. The quantitative estimate of drug-likeness (QED) is 0.289. The zero-order valence-corrected chi connectivity index (χ0v) is 20.5. The van der Waals surface area contributed by atoms with Crippen LogP contribution in [0.15, 0.2) is 84.9 Å². The van der Waals surface area contributed by atoms with Crippen LogP contribution in [0.3, 0.4) is 0 Å². The van der Waals surface area contributed by atoms with E-state index in [0.29, 0.717) is 0 Å². The molecule has 1 aliphatic heterocycles. The molecule has 8 bridgehead atoms. The monoisotopic (exact) mass is 432 g/mol. The SMILES string of the molecule is CC1(C)c2cccc(c2)C(C)(C)c2cccc(n2)C(C)(C)c2cccc(c2)-c2cccc1n2. The van der Waals surface area contributed by atoms with Gasteiger partial charge in [-0.25, -0.2) is 0 Å². The molecule has 0 N–H and O–H groups in total. The van der Waals surface area contributed by atoms with Gasteiger partial charge in [0.1, 0.15) is 0 Å². The number of nitrogens with zero attached hydrogens (tertiary/aromatic N) is 2. The Labute approximate surface area is 197 Å². The van der Waals surface area contributed by atoms with E-state index in [-0.39, 0.29) is 16.2 Å². The number of pyridine rings is 2. The lowest BCUT2D eigenvalue weighted by Crippen LogP contribution is -2.26. The minimum Gasteiger partial charge on any atom is -0.256 e. The molecule has 0 atom stereocenters. The molecule has 2 heteroatoms. The first-order valence-electron chi connectivity index (χ1n) is 11.8. The molecule has 166 valence electrons. The Balaban J connectivity index is 1.85. The van der Waals surface area contributed by atoms with E-state index in [1.807, 2.05) is 0 Å². The summed E-state index contributed by atoms with van der Waals surface area (Å²) in [7, 11) is 0. The molecule has 0 unspecified atom stereocenters. The average Bonchev–Trinajstić information content (AvgIpc) is 2.84. The highest BCUT2D eigenvalue weighted by molar-refractivity contribution is 5.62. The number of hydrogen-bond donors (Lipinski definition) is 0. The molecule has 5 rings (SSSR count). The topological polar surface area (TPSA) is 25.8 Å². The van der Waals surface area contributed by atoms with Crippen LogP contribution in [0.4, 0.5) is 0 Å². The first-order chi connectivity index (χ1) is 15.6. The highest BCUT2D eigenvalue weighted by atomic mass is 14.8. The highest BCUT2D eigenvalue weighted by Gasteiger charge is 2.32. The van der Waals surface area contributed by atoms with Crippen LogP contribution in [-0.2, 0) is 16.2 Å². The standard InChI is InChI=1S/C31H32N2/c1-29(2)22-12-7-11-21(19-22)25-15-9-16-26(32-25)30(3,4)23-13-8-14-24(20-23)31(5,6)28-18-10-17-27(29)33-28/h7-20H,1-6H3. The van der Waals surface area contributed by atoms with Gasteiger partial charge in [-0.3, -0.25) is 9.97 Å². The van der Waals surface area contributed by atoms with Crippen molar-refractivity contribution in [2.24, 2.45) is 0 Å². The van der Waals surface area contributed by atoms with E-state index < -0.39 is 0 Å². The fourth-order valence-corrected chi connectivity index (χ4v) is 4.88. The summed E-state index contributed by atoms with van der Waals surface area (Å²) in [5.41, 5.74) is 8.47. The molecule has 4 aromatic rings. The van der Waals surface area contributed by atoms with Gasteiger partial charge >= 0.3 is 0 Å². The predicted molar refractivity (Wildman–Crippen MR) is 137 cm³/mol. The molecule has 0 amide bonds. The Bertz CT molecular complexity index is 1240. The molecule has 1 aliphatic rings. The third-order valence-electron chi connectivity index (χ3n) is 7.61. The molecule has 2 aromatic heterocycles. The summed E-state index contributed by atoms with van der Waals surface area (Å²) in [6.45, 7) is 13.6. The third kappa shape index (κ3) is 3.49. The zero-order valence-electron chi connectivity index (χ0n) is 20.5. The van der Waals surface area contributed by atoms with Gasteiger partial charge in [-0.05, 0) is 47.0 Å². The van der Waals surface area contributed by atoms with Gasteiger partial charge < -0.3 is 0 Å². The van der Waals surface area contributed by atoms with Gasteiger partial charge in [0.2, 0.25) is 0 Å². The summed E-state index contributed by atoms with van der Waals surface area (Å²) >= 11 is 0. The first kappa shape index (κ1) is 21.6. The Morgan fingerprint density at radius 3 is 1.45 bits per heavy atom. The normalized spacial score (nSPS) is 17.5. The average molecular weight is 433 g/mol. The highest BCUT2D eigenvalue weighted by Crippen LogP contribution is 2.39. The zero-order chi connectivity index (χ0) is 23.4. The van der Waals surface area contributed by atoms with Gasteiger partial charge in [0, 0.05) is 21.8 Å². The molecule has 0 saturated heterocycles. The summed E-state index contributed by atoms with van der Waals surface area (Å²) in [6, 6.07) is 30.6. The molecule has 0 saturated carbocycles. The molecule has 0 radical (unpaired) electrons. The minimum atomic E-state index is -0.235. The number of rotatable bonds is 0. The maximum Gasteiger partial charge on any atom is 0.0705 e. The molecule has 2 nitrogen and oxygen atoms in total. The van der Waals surface area contributed by atoms with Gasteiger partial charge in [-0.2, -0.15) is 0 Å². The first-order valence-corrected chi connectivity index (χ1v) is 11.8. The van der Waals surface area contributed by atoms with Crippen LogP contribution in [0, 0.1) is 0 Å². The molecule has 3 heterocycles. The Morgan fingerprint density at radius 1 is 0.455 bits per heavy atom. The summed E-state index contributed by atoms with van der Waals surface area (Å²) < 4.78 is 0. The second-order valence-electron chi connectivity index (χ2n) is 10.9. The summed E-state index contributed by atoms with van der Waals surface area (Å²) in [5.74, 6) is 0. The van der Waals surface area contributed by atoms with Crippen LogP contribution in [0.5, 0.6) is 0 Å². The third-order valence-corrected chi connectivity index (χ3v) is 7.61. The summed E-state index contributed by atoms with van der Waals surface area (Å²) in [4.78, 5) is 10.4. The van der Waals surface area contributed by atoms with Crippen molar-refractivity contribution < 1.29 is 0 Å². The maximum atomic E-state index is 5.24. The van der Waals surface area contributed by atoms with Crippen molar-refractivity contribution in [1.82, 2.24) is 9.97 Å². The molecular formula is C31H32N2. The lowest BCUT2D eigenvalue weighted by atomic mass is 9.75. The van der Waals surface area contributed by atoms with Crippen molar-refractivity contribution in [1.29, 1.82) is 0 Å². The van der Waals surface area contributed by atoms with Crippen molar-refractivity contribution in [3.8, 4) is 11.3 Å². The maximum absolute atomic E-state index is 5.24. The Morgan fingerprint density at radius 2 is 0.879 bits per heavy atom. The summed E-state index contributed by atoms with van der Waals surface area (Å²) in [6.07, 6.45) is 0. The van der Waals surface area contributed by atoms with Crippen molar-refractivity contribution in [3.63, 3.8) is 0 Å². The van der Waals surface area contributed by atoms with Crippen LogP contribution in [0.2, 0.25) is 0 Å². The van der Waals surface area contributed by atoms with Crippen LogP contribution in [-0.4, -0.2) is 9.97 Å². The molecular weight excluding hydrogens is 400 g/mol. The molecule has 0 fully saturated rings. The molecule has 0 aliphatic carbocycles. The van der Waals surface area contributed by atoms with Crippen molar-refractivity contribution in [2.75, 3.05) is 0 Å². The molecule has 0 spiro atoms. The fraction of sp³-hybridized carbons (Fsp3) is 0.290. The largest absolute Gasteiger partial charge is 0.256 e. The van der Waals surface area contributed by atoms with Crippen molar-refractivity contribution in [2.45, 2.75) is 57.8 Å². The molecule has 33 heavy (non-hydrogen) atoms. The van der Waals surface area contributed by atoms with E-state index >= 15 is 0 Å². The Kier molecular flexibility index (Phi) is 4.83. The van der Waals surface area contributed by atoms with Gasteiger partial charge in [-0.1, -0.05) is 96.1 Å². The van der Waals surface area contributed by atoms with E-state index in [0.717, 1.165) is 28.3 Å². The number of hydrogen-bond acceptors (Lipinski definition) is 2. The minimum absolute atomic E-state index is 0.227. The van der Waals surface area contributed by atoms with E-state index in [4.69, 9.17) is 9.97 Å². The number of aromatic nitrogens is 2. The van der Waals surface area contributed by atoms with Crippen molar-refractivity contribution in [3.05, 3.63) is 119 Å². The fourth-order valence-electron chi connectivity index (χ4n) is 4.88. The van der Waals surface area contributed by atoms with Crippen molar-refractivity contribution >= 4 is 0 Å². The second kappa shape index (κ2) is 7.38. The van der Waals surface area contributed by atoms with Crippen LogP contribution >= 0.6 is 0 Å². The number of fused-ring (bicyclic) bond motifs is 9. The van der Waals surface area contributed by atoms with Gasteiger partial charge in [0.15, 0.2) is 0 Å². The van der Waals surface area contributed by atoms with Crippen LogP contribution in [0.1, 0.15) is 75.3 Å². The van der Waals surface area contributed by atoms with E-state index in [1.165, 1.54) is 16.7 Å². The predicted octanol–water partition coefficient (Wildman–Crippen LogP) is 7.43.